The molecule has 0 aliphatic rings. The second-order valence-corrected chi connectivity index (χ2v) is 5.22. The number of anilines is 2. The van der Waals surface area contributed by atoms with E-state index in [4.69, 9.17) is 0 Å². The van der Waals surface area contributed by atoms with Crippen molar-refractivity contribution in [1.29, 1.82) is 0 Å². The molecule has 1 heterocycles. The Morgan fingerprint density at radius 3 is 2.36 bits per heavy atom. The summed E-state index contributed by atoms with van der Waals surface area (Å²) in [5.41, 5.74) is 1.02. The van der Waals surface area contributed by atoms with Crippen LogP contribution in [0.4, 0.5) is 20.3 Å². The topological polar surface area (TPSA) is 66.9 Å². The lowest BCUT2D eigenvalue weighted by molar-refractivity contribution is 0.102. The molecule has 0 spiro atoms. The van der Waals surface area contributed by atoms with Gasteiger partial charge in [0.15, 0.2) is 5.69 Å². The lowest BCUT2D eigenvalue weighted by Gasteiger charge is -2.07. The molecule has 3 aromatic rings. The van der Waals surface area contributed by atoms with Crippen LogP contribution in [-0.2, 0) is 6.54 Å². The molecule has 0 bridgehead atoms. The highest BCUT2D eigenvalue weighted by Crippen LogP contribution is 2.14. The summed E-state index contributed by atoms with van der Waals surface area (Å²) in [7, 11) is 0. The molecule has 0 radical (unpaired) electrons. The van der Waals surface area contributed by atoms with E-state index in [9.17, 15) is 13.6 Å². The predicted molar refractivity (Wildman–Crippen MR) is 90.1 cm³/mol. The molecule has 2 N–H and O–H groups in total. The van der Waals surface area contributed by atoms with Gasteiger partial charge in [0.1, 0.15) is 17.5 Å². The lowest BCUT2D eigenvalue weighted by atomic mass is 10.2. The van der Waals surface area contributed by atoms with E-state index in [1.54, 1.807) is 24.3 Å². The highest BCUT2D eigenvalue weighted by molar-refractivity contribution is 6.02. The van der Waals surface area contributed by atoms with Crippen molar-refractivity contribution in [3.8, 4) is 0 Å². The van der Waals surface area contributed by atoms with Crippen molar-refractivity contribution in [3.63, 3.8) is 0 Å². The van der Waals surface area contributed by atoms with Gasteiger partial charge in [0.25, 0.3) is 5.91 Å². The summed E-state index contributed by atoms with van der Waals surface area (Å²) in [4.78, 5) is 12.1. The van der Waals surface area contributed by atoms with Crippen molar-refractivity contribution in [1.82, 2.24) is 10.2 Å². The summed E-state index contributed by atoms with van der Waals surface area (Å²) in [6, 6.07) is 15.0. The first-order valence-corrected chi connectivity index (χ1v) is 7.50. The number of carbonyl (C=O) groups is 1. The van der Waals surface area contributed by atoms with Gasteiger partial charge in [-0.15, -0.1) is 10.2 Å². The summed E-state index contributed by atoms with van der Waals surface area (Å²) in [6.07, 6.45) is 0. The number of rotatable bonds is 5. The van der Waals surface area contributed by atoms with Crippen LogP contribution in [0.5, 0.6) is 0 Å². The van der Waals surface area contributed by atoms with Gasteiger partial charge in [0.2, 0.25) is 0 Å². The third-order valence-electron chi connectivity index (χ3n) is 3.41. The summed E-state index contributed by atoms with van der Waals surface area (Å²) in [5, 5.41) is 13.2. The summed E-state index contributed by atoms with van der Waals surface area (Å²) >= 11 is 0. The Hall–Kier alpha value is -3.35. The third-order valence-corrected chi connectivity index (χ3v) is 3.41. The fourth-order valence-electron chi connectivity index (χ4n) is 2.09. The van der Waals surface area contributed by atoms with Crippen LogP contribution >= 0.6 is 0 Å². The molecule has 0 saturated heterocycles. The minimum absolute atomic E-state index is 0.0654. The van der Waals surface area contributed by atoms with E-state index in [0.29, 0.717) is 12.4 Å². The molecule has 0 aliphatic heterocycles. The van der Waals surface area contributed by atoms with Crippen LogP contribution in [0.3, 0.4) is 0 Å². The molecular formula is C18H14F2N4O. The highest BCUT2D eigenvalue weighted by atomic mass is 19.1. The van der Waals surface area contributed by atoms with E-state index in [1.807, 2.05) is 0 Å². The number of nitrogens with one attached hydrogen (secondary N) is 2. The van der Waals surface area contributed by atoms with Gasteiger partial charge < -0.3 is 10.6 Å². The van der Waals surface area contributed by atoms with Crippen molar-refractivity contribution in [2.24, 2.45) is 0 Å². The molecule has 0 fully saturated rings. The van der Waals surface area contributed by atoms with Crippen LogP contribution in [-0.4, -0.2) is 16.1 Å². The van der Waals surface area contributed by atoms with Crippen molar-refractivity contribution >= 4 is 17.4 Å². The van der Waals surface area contributed by atoms with Crippen molar-refractivity contribution < 1.29 is 13.6 Å². The van der Waals surface area contributed by atoms with Crippen molar-refractivity contribution in [2.75, 3.05) is 10.6 Å². The molecule has 1 aromatic heterocycles. The Morgan fingerprint density at radius 1 is 0.920 bits per heavy atom. The number of hydrogen-bond acceptors (Lipinski definition) is 4. The number of halogens is 2. The van der Waals surface area contributed by atoms with E-state index in [0.717, 1.165) is 5.56 Å². The van der Waals surface area contributed by atoms with E-state index in [-0.39, 0.29) is 17.2 Å². The average Bonchev–Trinajstić information content (AvgIpc) is 2.63. The van der Waals surface area contributed by atoms with Gasteiger partial charge in [0, 0.05) is 6.54 Å². The smallest absolute Gasteiger partial charge is 0.276 e. The summed E-state index contributed by atoms with van der Waals surface area (Å²) in [6.45, 7) is 0.440. The molecule has 0 atom stereocenters. The third kappa shape index (κ3) is 4.35. The minimum atomic E-state index is -0.553. The Balaban J connectivity index is 1.60. The van der Waals surface area contributed by atoms with Gasteiger partial charge in [-0.25, -0.2) is 8.78 Å². The molecular weight excluding hydrogens is 326 g/mol. The van der Waals surface area contributed by atoms with Gasteiger partial charge in [-0.1, -0.05) is 24.3 Å². The molecule has 25 heavy (non-hydrogen) atoms. The van der Waals surface area contributed by atoms with Crippen LogP contribution in [0, 0.1) is 11.6 Å². The number of nitrogens with zero attached hydrogens (tertiary/aromatic N) is 2. The van der Waals surface area contributed by atoms with Crippen LogP contribution in [0.25, 0.3) is 0 Å². The van der Waals surface area contributed by atoms with E-state index in [2.05, 4.69) is 20.8 Å². The summed E-state index contributed by atoms with van der Waals surface area (Å²) in [5.74, 6) is -0.912. The molecule has 126 valence electrons. The zero-order chi connectivity index (χ0) is 17.6. The lowest BCUT2D eigenvalue weighted by Crippen LogP contribution is -2.15. The minimum Gasteiger partial charge on any atom is -0.365 e. The van der Waals surface area contributed by atoms with Crippen molar-refractivity contribution in [2.45, 2.75) is 6.54 Å². The van der Waals surface area contributed by atoms with Crippen LogP contribution in [0.2, 0.25) is 0 Å². The fraction of sp³-hybridized carbons (Fsp3) is 0.0556. The zero-order valence-electron chi connectivity index (χ0n) is 13.0. The maximum atomic E-state index is 13.5. The average molecular weight is 340 g/mol. The molecule has 7 heteroatoms. The Bertz CT molecular complexity index is 867. The first-order valence-electron chi connectivity index (χ1n) is 7.50. The number of amides is 1. The van der Waals surface area contributed by atoms with Gasteiger partial charge >= 0.3 is 0 Å². The quantitative estimate of drug-likeness (QED) is 0.744. The first kappa shape index (κ1) is 16.5. The van der Waals surface area contributed by atoms with Crippen LogP contribution in [0.1, 0.15) is 16.1 Å². The maximum absolute atomic E-state index is 13.5. The maximum Gasteiger partial charge on any atom is 0.276 e. The second kappa shape index (κ2) is 7.48. The van der Waals surface area contributed by atoms with Crippen molar-refractivity contribution in [3.05, 3.63) is 83.6 Å². The standard InChI is InChI=1S/C18H14F2N4O/c19-13-7-5-12(6-8-13)11-21-17-10-9-16(23-24-17)18(25)22-15-4-2-1-3-14(15)20/h1-10H,11H2,(H,21,24)(H,22,25). The molecule has 5 nitrogen and oxygen atoms in total. The monoisotopic (exact) mass is 340 g/mol. The number of hydrogen-bond donors (Lipinski definition) is 2. The number of carbonyl (C=O) groups excluding carboxylic acids is 1. The Kier molecular flexibility index (Phi) is 4.94. The zero-order valence-corrected chi connectivity index (χ0v) is 13.0. The summed E-state index contributed by atoms with van der Waals surface area (Å²) < 4.78 is 26.4. The molecule has 0 saturated carbocycles. The normalized spacial score (nSPS) is 10.3. The second-order valence-electron chi connectivity index (χ2n) is 5.22. The van der Waals surface area contributed by atoms with Crippen LogP contribution < -0.4 is 10.6 Å². The fourth-order valence-corrected chi connectivity index (χ4v) is 2.09. The van der Waals surface area contributed by atoms with Gasteiger partial charge in [0.05, 0.1) is 5.69 Å². The van der Waals surface area contributed by atoms with E-state index < -0.39 is 11.7 Å². The van der Waals surface area contributed by atoms with E-state index in [1.165, 1.54) is 36.4 Å². The largest absolute Gasteiger partial charge is 0.365 e. The van der Waals surface area contributed by atoms with Crippen LogP contribution in [0.15, 0.2) is 60.7 Å². The predicted octanol–water partition coefficient (Wildman–Crippen LogP) is 3.62. The van der Waals surface area contributed by atoms with Gasteiger partial charge in [-0.3, -0.25) is 4.79 Å². The first-order chi connectivity index (χ1) is 12.1. The highest BCUT2D eigenvalue weighted by Gasteiger charge is 2.11. The Labute approximate surface area is 142 Å². The SMILES string of the molecule is O=C(Nc1ccccc1F)c1ccc(NCc2ccc(F)cc2)nn1. The Morgan fingerprint density at radius 2 is 1.68 bits per heavy atom. The van der Waals surface area contributed by atoms with Gasteiger partial charge in [-0.2, -0.15) is 0 Å². The molecule has 3 rings (SSSR count). The molecule has 2 aromatic carbocycles. The molecule has 0 unspecified atom stereocenters. The molecule has 0 aliphatic carbocycles. The number of para-hydroxylation sites is 1. The van der Waals surface area contributed by atoms with E-state index >= 15 is 0 Å². The van der Waals surface area contributed by atoms with Gasteiger partial charge in [-0.05, 0) is 42.0 Å². The molecule has 1 amide bonds. The number of aromatic nitrogens is 2. The number of benzene rings is 2.